The summed E-state index contributed by atoms with van der Waals surface area (Å²) >= 11 is 0. The highest BCUT2D eigenvalue weighted by molar-refractivity contribution is 5.14. The summed E-state index contributed by atoms with van der Waals surface area (Å²) in [5.74, 6) is 0.631. The van der Waals surface area contributed by atoms with E-state index in [2.05, 4.69) is 6.08 Å². The van der Waals surface area contributed by atoms with Crippen molar-refractivity contribution in [3.63, 3.8) is 0 Å². The van der Waals surface area contributed by atoms with Gasteiger partial charge in [-0.3, -0.25) is 0 Å². The summed E-state index contributed by atoms with van der Waals surface area (Å²) in [6, 6.07) is 0. The van der Waals surface area contributed by atoms with Gasteiger partial charge in [-0.2, -0.15) is 0 Å². The van der Waals surface area contributed by atoms with Crippen molar-refractivity contribution in [1.82, 2.24) is 0 Å². The molecule has 2 heterocycles. The fourth-order valence-corrected chi connectivity index (χ4v) is 3.71. The zero-order chi connectivity index (χ0) is 12.4. The summed E-state index contributed by atoms with van der Waals surface area (Å²) in [6.45, 7) is 2.56. The van der Waals surface area contributed by atoms with E-state index in [1.165, 1.54) is 12.0 Å². The van der Waals surface area contributed by atoms with Gasteiger partial charge in [0.05, 0.1) is 11.7 Å². The molecule has 2 saturated heterocycles. The van der Waals surface area contributed by atoms with Gasteiger partial charge >= 0.3 is 0 Å². The van der Waals surface area contributed by atoms with E-state index in [1.54, 1.807) is 0 Å². The first-order chi connectivity index (χ1) is 8.77. The van der Waals surface area contributed by atoms with Gasteiger partial charge < -0.3 is 14.6 Å². The van der Waals surface area contributed by atoms with Crippen LogP contribution in [0.5, 0.6) is 0 Å². The quantitative estimate of drug-likeness (QED) is 0.728. The smallest absolute Gasteiger partial charge is 0.0732 e. The molecule has 1 spiro atoms. The molecular formula is C15H24O3. The van der Waals surface area contributed by atoms with Crippen LogP contribution in [0.25, 0.3) is 0 Å². The molecule has 3 nitrogen and oxygen atoms in total. The molecule has 0 saturated carbocycles. The predicted octanol–water partition coefficient (Wildman–Crippen LogP) is 2.43. The fraction of sp³-hybridized carbons (Fsp3) is 0.867. The Labute approximate surface area is 109 Å². The van der Waals surface area contributed by atoms with Crippen LogP contribution in [0.2, 0.25) is 0 Å². The van der Waals surface area contributed by atoms with Crippen LogP contribution in [0.1, 0.15) is 44.9 Å². The molecule has 2 unspecified atom stereocenters. The van der Waals surface area contributed by atoms with E-state index in [1.807, 2.05) is 0 Å². The molecule has 2 fully saturated rings. The highest BCUT2D eigenvalue weighted by Crippen LogP contribution is 2.41. The fourth-order valence-electron chi connectivity index (χ4n) is 3.71. The lowest BCUT2D eigenvalue weighted by Crippen LogP contribution is -2.44. The maximum Gasteiger partial charge on any atom is 0.0732 e. The average molecular weight is 252 g/mol. The molecule has 3 rings (SSSR count). The second-order valence-electron chi connectivity index (χ2n) is 6.03. The van der Waals surface area contributed by atoms with E-state index in [9.17, 15) is 5.11 Å². The van der Waals surface area contributed by atoms with Gasteiger partial charge in [0.25, 0.3) is 0 Å². The lowest BCUT2D eigenvalue weighted by atomic mass is 9.75. The molecule has 18 heavy (non-hydrogen) atoms. The Balaban J connectivity index is 1.69. The van der Waals surface area contributed by atoms with E-state index >= 15 is 0 Å². The minimum absolute atomic E-state index is 0.0738. The molecule has 0 aromatic carbocycles. The van der Waals surface area contributed by atoms with Crippen LogP contribution >= 0.6 is 0 Å². The number of ether oxygens (including phenoxy) is 2. The van der Waals surface area contributed by atoms with Crippen molar-refractivity contribution in [3.8, 4) is 0 Å². The summed E-state index contributed by atoms with van der Waals surface area (Å²) in [5.41, 5.74) is 1.56. The molecule has 0 bridgehead atoms. The summed E-state index contributed by atoms with van der Waals surface area (Å²) in [6.07, 6.45) is 9.50. The van der Waals surface area contributed by atoms with E-state index in [0.29, 0.717) is 5.92 Å². The number of hydrogen-bond donors (Lipinski definition) is 1. The van der Waals surface area contributed by atoms with Gasteiger partial charge in [-0.15, -0.1) is 0 Å². The SMILES string of the molecule is OC1C=C(C2CCOC3(CCOCC3)C2)CCC1. The molecule has 0 aromatic rings. The molecule has 1 N–H and O–H groups in total. The third-order valence-corrected chi connectivity index (χ3v) is 4.79. The summed E-state index contributed by atoms with van der Waals surface area (Å²) in [7, 11) is 0. The molecule has 3 aliphatic rings. The van der Waals surface area contributed by atoms with Crippen molar-refractivity contribution in [2.24, 2.45) is 5.92 Å². The van der Waals surface area contributed by atoms with Gasteiger partial charge in [0, 0.05) is 19.8 Å². The summed E-state index contributed by atoms with van der Waals surface area (Å²) < 4.78 is 11.5. The van der Waals surface area contributed by atoms with Crippen LogP contribution in [0, 0.1) is 5.92 Å². The van der Waals surface area contributed by atoms with Crippen molar-refractivity contribution in [2.45, 2.75) is 56.7 Å². The average Bonchev–Trinajstić information content (AvgIpc) is 2.40. The van der Waals surface area contributed by atoms with E-state index in [4.69, 9.17) is 9.47 Å². The first-order valence-electron chi connectivity index (χ1n) is 7.38. The molecular weight excluding hydrogens is 228 g/mol. The monoisotopic (exact) mass is 252 g/mol. The lowest BCUT2D eigenvalue weighted by molar-refractivity contribution is -0.143. The predicted molar refractivity (Wildman–Crippen MR) is 69.4 cm³/mol. The molecule has 2 aliphatic heterocycles. The topological polar surface area (TPSA) is 38.7 Å². The van der Waals surface area contributed by atoms with Gasteiger partial charge in [-0.1, -0.05) is 11.6 Å². The highest BCUT2D eigenvalue weighted by atomic mass is 16.5. The second-order valence-corrected chi connectivity index (χ2v) is 6.03. The van der Waals surface area contributed by atoms with Crippen molar-refractivity contribution < 1.29 is 14.6 Å². The van der Waals surface area contributed by atoms with Crippen molar-refractivity contribution >= 4 is 0 Å². The number of hydrogen-bond acceptors (Lipinski definition) is 3. The molecule has 2 atom stereocenters. The zero-order valence-electron chi connectivity index (χ0n) is 11.1. The maximum absolute atomic E-state index is 9.78. The standard InChI is InChI=1S/C15H24O3/c16-14-3-1-2-12(10-14)13-4-7-18-15(11-13)5-8-17-9-6-15/h10,13-14,16H,1-9,11H2. The molecule has 0 amide bonds. The van der Waals surface area contributed by atoms with Crippen LogP contribution in [0.3, 0.4) is 0 Å². The molecule has 1 aliphatic carbocycles. The Bertz CT molecular complexity index is 312. The normalized spacial score (nSPS) is 36.4. The van der Waals surface area contributed by atoms with Crippen LogP contribution in [0.15, 0.2) is 11.6 Å². The van der Waals surface area contributed by atoms with Crippen molar-refractivity contribution in [1.29, 1.82) is 0 Å². The zero-order valence-corrected chi connectivity index (χ0v) is 11.1. The Kier molecular flexibility index (Phi) is 3.73. The van der Waals surface area contributed by atoms with E-state index < -0.39 is 0 Å². The van der Waals surface area contributed by atoms with Gasteiger partial charge in [0.2, 0.25) is 0 Å². The Morgan fingerprint density at radius 1 is 1.17 bits per heavy atom. The number of rotatable bonds is 1. The Morgan fingerprint density at radius 3 is 2.78 bits per heavy atom. The Morgan fingerprint density at radius 2 is 2.00 bits per heavy atom. The summed E-state index contributed by atoms with van der Waals surface area (Å²) in [5, 5.41) is 9.78. The first-order valence-corrected chi connectivity index (χ1v) is 7.38. The molecule has 3 heteroatoms. The number of aliphatic hydroxyl groups is 1. The molecule has 0 radical (unpaired) electrons. The minimum atomic E-state index is -0.206. The van der Waals surface area contributed by atoms with Gasteiger partial charge in [-0.05, 0) is 50.9 Å². The Hall–Kier alpha value is -0.380. The van der Waals surface area contributed by atoms with Gasteiger partial charge in [-0.25, -0.2) is 0 Å². The van der Waals surface area contributed by atoms with Crippen LogP contribution < -0.4 is 0 Å². The highest BCUT2D eigenvalue weighted by Gasteiger charge is 2.40. The molecule has 102 valence electrons. The number of aliphatic hydroxyl groups excluding tert-OH is 1. The van der Waals surface area contributed by atoms with Crippen molar-refractivity contribution in [3.05, 3.63) is 11.6 Å². The number of allylic oxidation sites excluding steroid dienone is 1. The van der Waals surface area contributed by atoms with E-state index in [-0.39, 0.29) is 11.7 Å². The third kappa shape index (κ3) is 2.63. The second kappa shape index (κ2) is 5.32. The largest absolute Gasteiger partial charge is 0.389 e. The summed E-state index contributed by atoms with van der Waals surface area (Å²) in [4.78, 5) is 0. The molecule has 0 aromatic heterocycles. The van der Waals surface area contributed by atoms with Crippen molar-refractivity contribution in [2.75, 3.05) is 19.8 Å². The minimum Gasteiger partial charge on any atom is -0.389 e. The first kappa shape index (κ1) is 12.6. The van der Waals surface area contributed by atoms with Crippen LogP contribution in [-0.4, -0.2) is 36.6 Å². The van der Waals surface area contributed by atoms with Crippen LogP contribution in [-0.2, 0) is 9.47 Å². The maximum atomic E-state index is 9.78. The van der Waals surface area contributed by atoms with Gasteiger partial charge in [0.1, 0.15) is 0 Å². The lowest BCUT2D eigenvalue weighted by Gasteiger charge is -2.44. The van der Waals surface area contributed by atoms with E-state index in [0.717, 1.165) is 58.3 Å². The third-order valence-electron chi connectivity index (χ3n) is 4.79. The van der Waals surface area contributed by atoms with Crippen LogP contribution in [0.4, 0.5) is 0 Å². The van der Waals surface area contributed by atoms with Gasteiger partial charge in [0.15, 0.2) is 0 Å².